The number of benzene rings is 1. The third-order valence-electron chi connectivity index (χ3n) is 4.95. The van der Waals surface area contributed by atoms with Gasteiger partial charge in [-0.05, 0) is 43.5 Å². The maximum absolute atomic E-state index is 12.8. The molecule has 22 heavy (non-hydrogen) atoms. The molecule has 1 aliphatic heterocycles. The van der Waals surface area contributed by atoms with Gasteiger partial charge in [0, 0.05) is 38.8 Å². The van der Waals surface area contributed by atoms with Crippen LogP contribution in [0, 0.1) is 5.82 Å². The largest absolute Gasteiger partial charge is 0.494 e. The lowest BCUT2D eigenvalue weighted by molar-refractivity contribution is 0.0941. The van der Waals surface area contributed by atoms with Crippen LogP contribution in [0.1, 0.15) is 32.1 Å². The Morgan fingerprint density at radius 3 is 2.36 bits per heavy atom. The van der Waals surface area contributed by atoms with E-state index in [2.05, 4.69) is 9.80 Å². The summed E-state index contributed by atoms with van der Waals surface area (Å²) in [5.74, 6) is 0.542. The van der Waals surface area contributed by atoms with E-state index >= 15 is 0 Å². The summed E-state index contributed by atoms with van der Waals surface area (Å²) < 4.78 is 18.4. The molecule has 0 N–H and O–H groups in total. The fourth-order valence-electron chi connectivity index (χ4n) is 3.63. The van der Waals surface area contributed by atoms with Crippen molar-refractivity contribution < 1.29 is 9.13 Å². The molecule has 0 spiro atoms. The van der Waals surface area contributed by atoms with E-state index in [4.69, 9.17) is 4.74 Å². The van der Waals surface area contributed by atoms with Gasteiger partial charge >= 0.3 is 0 Å². The Kier molecular flexibility index (Phi) is 5.68. The van der Waals surface area contributed by atoms with Crippen LogP contribution in [0.3, 0.4) is 0 Å². The van der Waals surface area contributed by atoms with Crippen LogP contribution in [0.2, 0.25) is 0 Å². The number of nitrogens with zero attached hydrogens (tertiary/aromatic N) is 2. The first-order valence-electron chi connectivity index (χ1n) is 8.66. The Morgan fingerprint density at radius 1 is 1.00 bits per heavy atom. The molecule has 1 saturated carbocycles. The summed E-state index contributed by atoms with van der Waals surface area (Å²) in [5.41, 5.74) is 0. The normalized spacial score (nSPS) is 21.3. The summed E-state index contributed by atoms with van der Waals surface area (Å²) in [4.78, 5) is 5.23. The number of hydrogen-bond acceptors (Lipinski definition) is 3. The quantitative estimate of drug-likeness (QED) is 0.751. The predicted octanol–water partition coefficient (Wildman–Crippen LogP) is 3.15. The Bertz CT molecular complexity index is 437. The van der Waals surface area contributed by atoms with Gasteiger partial charge in [-0.3, -0.25) is 4.90 Å². The highest BCUT2D eigenvalue weighted by Crippen LogP contribution is 2.24. The molecule has 1 heterocycles. The van der Waals surface area contributed by atoms with E-state index in [1.165, 1.54) is 64.0 Å². The van der Waals surface area contributed by atoms with Crippen LogP contribution in [0.25, 0.3) is 0 Å². The molecule has 0 radical (unpaired) electrons. The smallest absolute Gasteiger partial charge is 0.123 e. The number of hydrogen-bond donors (Lipinski definition) is 0. The van der Waals surface area contributed by atoms with E-state index in [0.29, 0.717) is 6.61 Å². The fraction of sp³-hybridized carbons (Fsp3) is 0.667. The van der Waals surface area contributed by atoms with E-state index in [0.717, 1.165) is 24.8 Å². The monoisotopic (exact) mass is 306 g/mol. The summed E-state index contributed by atoms with van der Waals surface area (Å²) in [7, 11) is 0. The highest BCUT2D eigenvalue weighted by atomic mass is 19.1. The predicted molar refractivity (Wildman–Crippen MR) is 86.8 cm³/mol. The van der Waals surface area contributed by atoms with Crippen LogP contribution < -0.4 is 4.74 Å². The molecule has 2 aliphatic rings. The van der Waals surface area contributed by atoms with E-state index < -0.39 is 0 Å². The van der Waals surface area contributed by atoms with Crippen LogP contribution in [0.15, 0.2) is 24.3 Å². The van der Waals surface area contributed by atoms with E-state index in [1.54, 1.807) is 12.1 Å². The Balaban J connectivity index is 1.29. The minimum atomic E-state index is -0.215. The molecule has 1 aromatic rings. The van der Waals surface area contributed by atoms with Crippen LogP contribution in [0.5, 0.6) is 5.75 Å². The van der Waals surface area contributed by atoms with Crippen molar-refractivity contribution in [1.29, 1.82) is 0 Å². The summed E-state index contributed by atoms with van der Waals surface area (Å²) in [5, 5.41) is 0. The number of piperazine rings is 1. The molecular formula is C18H27FN2O. The second-order valence-electron chi connectivity index (χ2n) is 6.47. The lowest BCUT2D eigenvalue weighted by Crippen LogP contribution is -2.49. The van der Waals surface area contributed by atoms with Gasteiger partial charge in [0.15, 0.2) is 0 Å². The van der Waals surface area contributed by atoms with Crippen molar-refractivity contribution in [3.8, 4) is 5.75 Å². The Hall–Kier alpha value is -1.13. The first kappa shape index (κ1) is 15.8. The van der Waals surface area contributed by atoms with E-state index in [9.17, 15) is 4.39 Å². The van der Waals surface area contributed by atoms with Gasteiger partial charge in [0.2, 0.25) is 0 Å². The standard InChI is InChI=1S/C18H27FN2O/c19-16-6-8-18(9-7-16)22-15-3-10-20-11-13-21(14-12-20)17-4-1-2-5-17/h6-9,17H,1-5,10-15H2. The maximum atomic E-state index is 12.8. The van der Waals surface area contributed by atoms with Gasteiger partial charge in [0.05, 0.1) is 6.61 Å². The molecule has 0 unspecified atom stereocenters. The van der Waals surface area contributed by atoms with Crippen molar-refractivity contribution in [2.75, 3.05) is 39.3 Å². The van der Waals surface area contributed by atoms with Crippen LogP contribution in [-0.2, 0) is 0 Å². The second kappa shape index (κ2) is 7.93. The first-order valence-corrected chi connectivity index (χ1v) is 8.66. The van der Waals surface area contributed by atoms with E-state index in [-0.39, 0.29) is 5.82 Å². The SMILES string of the molecule is Fc1ccc(OCCCN2CCN(C3CCCC3)CC2)cc1. The molecule has 1 aliphatic carbocycles. The summed E-state index contributed by atoms with van der Waals surface area (Å²) in [6.45, 7) is 6.63. The number of ether oxygens (including phenoxy) is 1. The van der Waals surface area contributed by atoms with E-state index in [1.807, 2.05) is 0 Å². The van der Waals surface area contributed by atoms with Crippen LogP contribution >= 0.6 is 0 Å². The zero-order chi connectivity index (χ0) is 15.2. The van der Waals surface area contributed by atoms with Gasteiger partial charge in [0.1, 0.15) is 11.6 Å². The van der Waals surface area contributed by atoms with Gasteiger partial charge in [-0.15, -0.1) is 0 Å². The molecule has 1 saturated heterocycles. The average Bonchev–Trinajstić information content (AvgIpc) is 3.08. The lowest BCUT2D eigenvalue weighted by atomic mass is 10.2. The highest BCUT2D eigenvalue weighted by molar-refractivity contribution is 5.21. The summed E-state index contributed by atoms with van der Waals surface area (Å²) in [6, 6.07) is 7.13. The molecular weight excluding hydrogens is 279 g/mol. The fourth-order valence-corrected chi connectivity index (χ4v) is 3.63. The lowest BCUT2D eigenvalue weighted by Gasteiger charge is -2.38. The zero-order valence-corrected chi connectivity index (χ0v) is 13.3. The molecule has 0 bridgehead atoms. The van der Waals surface area contributed by atoms with Gasteiger partial charge < -0.3 is 9.64 Å². The topological polar surface area (TPSA) is 15.7 Å². The van der Waals surface area contributed by atoms with Crippen molar-refractivity contribution in [2.45, 2.75) is 38.1 Å². The van der Waals surface area contributed by atoms with Crippen molar-refractivity contribution in [1.82, 2.24) is 9.80 Å². The van der Waals surface area contributed by atoms with Crippen molar-refractivity contribution in [2.24, 2.45) is 0 Å². The molecule has 122 valence electrons. The molecule has 2 fully saturated rings. The van der Waals surface area contributed by atoms with Crippen molar-refractivity contribution in [3.05, 3.63) is 30.1 Å². The Labute approximate surface area is 133 Å². The molecule has 4 heteroatoms. The summed E-state index contributed by atoms with van der Waals surface area (Å²) >= 11 is 0. The molecule has 3 nitrogen and oxygen atoms in total. The number of halogens is 1. The minimum Gasteiger partial charge on any atom is -0.494 e. The first-order chi connectivity index (χ1) is 10.8. The van der Waals surface area contributed by atoms with Crippen molar-refractivity contribution in [3.63, 3.8) is 0 Å². The average molecular weight is 306 g/mol. The van der Waals surface area contributed by atoms with Gasteiger partial charge in [0.25, 0.3) is 0 Å². The number of rotatable bonds is 6. The Morgan fingerprint density at radius 2 is 1.68 bits per heavy atom. The van der Waals surface area contributed by atoms with Gasteiger partial charge in [-0.1, -0.05) is 12.8 Å². The second-order valence-corrected chi connectivity index (χ2v) is 6.47. The minimum absolute atomic E-state index is 0.215. The van der Waals surface area contributed by atoms with Gasteiger partial charge in [-0.25, -0.2) is 4.39 Å². The molecule has 3 rings (SSSR count). The third-order valence-corrected chi connectivity index (χ3v) is 4.95. The van der Waals surface area contributed by atoms with Crippen LogP contribution in [0.4, 0.5) is 4.39 Å². The molecule has 0 amide bonds. The van der Waals surface area contributed by atoms with Crippen molar-refractivity contribution >= 4 is 0 Å². The molecule has 0 aromatic heterocycles. The molecule has 0 atom stereocenters. The van der Waals surface area contributed by atoms with Crippen LogP contribution in [-0.4, -0.2) is 55.2 Å². The summed E-state index contributed by atoms with van der Waals surface area (Å²) in [6.07, 6.45) is 6.69. The highest BCUT2D eigenvalue weighted by Gasteiger charge is 2.25. The third kappa shape index (κ3) is 4.43. The molecule has 1 aromatic carbocycles. The zero-order valence-electron chi connectivity index (χ0n) is 13.3. The van der Waals surface area contributed by atoms with Gasteiger partial charge in [-0.2, -0.15) is 0 Å². The maximum Gasteiger partial charge on any atom is 0.123 e.